The molecular weight excluding hydrogens is 387 g/mol. The Bertz CT molecular complexity index is 419. The third-order valence-corrected chi connectivity index (χ3v) is 23.5. The van der Waals surface area contributed by atoms with Gasteiger partial charge in [0.25, 0.3) is 0 Å². The monoisotopic (exact) mass is 428 g/mol. The first-order chi connectivity index (χ1) is 10.4. The summed E-state index contributed by atoms with van der Waals surface area (Å²) >= 11 is 0. The zero-order chi connectivity index (χ0) is 19.7. The molecule has 9 heteroatoms. The van der Waals surface area contributed by atoms with E-state index in [-0.39, 0.29) is 12.1 Å². The van der Waals surface area contributed by atoms with Crippen LogP contribution in [0.5, 0.6) is 0 Å². The fraction of sp³-hybridized carbons (Fsp3) is 1.00. The van der Waals surface area contributed by atoms with Crippen LogP contribution in [0.25, 0.3) is 0 Å². The van der Waals surface area contributed by atoms with Crippen molar-refractivity contribution in [2.45, 2.75) is 98.7 Å². The topological polar surface area (TPSA) is 18.8 Å². The van der Waals surface area contributed by atoms with Gasteiger partial charge in [0.15, 0.2) is 16.5 Å². The highest BCUT2D eigenvalue weighted by Crippen LogP contribution is 2.71. The summed E-state index contributed by atoms with van der Waals surface area (Å²) in [5.74, 6) is 0. The van der Waals surface area contributed by atoms with Gasteiger partial charge in [-0.25, -0.2) is 4.67 Å². The van der Waals surface area contributed by atoms with Crippen LogP contribution in [-0.4, -0.2) is 45.5 Å². The van der Waals surface area contributed by atoms with Gasteiger partial charge in [-0.3, -0.25) is 0 Å². The molecule has 0 aliphatic carbocycles. The van der Waals surface area contributed by atoms with E-state index in [1.54, 1.807) is 0 Å². The Balaban J connectivity index is 6.35. The molecule has 144 valence electrons. The zero-order valence-corrected chi connectivity index (χ0v) is 23.1. The molecule has 0 spiro atoms. The van der Waals surface area contributed by atoms with Gasteiger partial charge in [0, 0.05) is 12.1 Å². The molecule has 2 atom stereocenters. The Kier molecular flexibility index (Phi) is 9.19. The maximum absolute atomic E-state index is 16.0. The second-order valence-corrected chi connectivity index (χ2v) is 29.9. The van der Waals surface area contributed by atoms with Crippen LogP contribution in [0.3, 0.4) is 0 Å². The number of hydrogen-bond acceptors (Lipinski definition) is 2. The smallest absolute Gasteiger partial charge is 0.209 e. The molecule has 0 aromatic rings. The lowest BCUT2D eigenvalue weighted by Crippen LogP contribution is -2.55. The Morgan fingerprint density at radius 1 is 0.792 bits per heavy atom. The maximum atomic E-state index is 16.0. The van der Waals surface area contributed by atoms with Crippen molar-refractivity contribution in [2.24, 2.45) is 4.41 Å². The quantitative estimate of drug-likeness (QED) is 0.291. The molecule has 0 aliphatic heterocycles. The van der Waals surface area contributed by atoms with Crippen LogP contribution in [0.15, 0.2) is 4.41 Å². The van der Waals surface area contributed by atoms with Gasteiger partial charge in [-0.15, -0.1) is 4.41 Å². The van der Waals surface area contributed by atoms with Crippen LogP contribution < -0.4 is 0 Å². The van der Waals surface area contributed by atoms with E-state index in [9.17, 15) is 0 Å². The van der Waals surface area contributed by atoms with E-state index in [0.717, 1.165) is 0 Å². The molecule has 3 nitrogen and oxygen atoms in total. The third kappa shape index (κ3) is 7.73. The van der Waals surface area contributed by atoms with Crippen molar-refractivity contribution in [1.29, 1.82) is 0 Å². The van der Waals surface area contributed by atoms with Gasteiger partial charge in [-0.1, -0.05) is 39.3 Å². The van der Waals surface area contributed by atoms with E-state index in [4.69, 9.17) is 4.41 Å². The lowest BCUT2D eigenvalue weighted by atomic mass is 10.3. The second kappa shape index (κ2) is 8.81. The highest BCUT2D eigenvalue weighted by molar-refractivity contribution is 8.22. The van der Waals surface area contributed by atoms with Crippen molar-refractivity contribution in [3.05, 3.63) is 0 Å². The largest absolute Gasteiger partial charge is 0.423 e. The molecule has 0 amide bonds. The summed E-state index contributed by atoms with van der Waals surface area (Å²) < 4.78 is 26.0. The molecule has 2 unspecified atom stereocenters. The normalized spacial score (nSPS) is 16.7. The van der Waals surface area contributed by atoms with Crippen LogP contribution >= 0.6 is 15.6 Å². The van der Waals surface area contributed by atoms with Crippen LogP contribution in [0.1, 0.15) is 27.7 Å². The summed E-state index contributed by atoms with van der Waals surface area (Å²) in [5.41, 5.74) is 0. The summed E-state index contributed by atoms with van der Waals surface area (Å²) in [7, 11) is -7.88. The predicted molar refractivity (Wildman–Crippen MR) is 121 cm³/mol. The first kappa shape index (κ1) is 25.0. The molecule has 0 aromatic heterocycles. The standard InChI is InChI=1S/C15H41FN3P2Si3/c1-14(2)18(15(3)4)20(16)21(17-22(5,6)7)19(23(8,9)10)24(11,12)13/h14-15H,1-13H3/q+1. The van der Waals surface area contributed by atoms with Crippen molar-refractivity contribution in [2.75, 3.05) is 0 Å². The molecular formula is C15H41FN3P2Si3+. The Morgan fingerprint density at radius 3 is 1.33 bits per heavy atom. The average Bonchev–Trinajstić information content (AvgIpc) is 2.20. The zero-order valence-electron chi connectivity index (χ0n) is 18.3. The van der Waals surface area contributed by atoms with Gasteiger partial charge in [0.2, 0.25) is 8.24 Å². The molecule has 0 aliphatic rings. The molecule has 0 bridgehead atoms. The minimum atomic E-state index is -1.76. The van der Waals surface area contributed by atoms with E-state index < -0.39 is 40.3 Å². The van der Waals surface area contributed by atoms with Crippen molar-refractivity contribution in [3.8, 4) is 0 Å². The molecule has 0 rings (SSSR count). The molecule has 0 aromatic carbocycles. The van der Waals surface area contributed by atoms with Gasteiger partial charge in [-0.2, -0.15) is 8.20 Å². The summed E-state index contributed by atoms with van der Waals surface area (Å²) in [5, 5.41) is 0. The number of nitrogens with zero attached hydrogens (tertiary/aromatic N) is 3. The SMILES string of the molecule is CC(C)N(C(C)C)P(F)[P+](=N[Si](C)(C)C)N([Si](C)(C)C)[Si](C)(C)C. The first-order valence-corrected chi connectivity index (χ1v) is 22.4. The Hall–Kier alpha value is 1.03. The summed E-state index contributed by atoms with van der Waals surface area (Å²) in [4.78, 5) is 0. The fourth-order valence-electron chi connectivity index (χ4n) is 3.04. The van der Waals surface area contributed by atoms with E-state index in [2.05, 4.69) is 95.3 Å². The van der Waals surface area contributed by atoms with E-state index in [0.29, 0.717) is 0 Å². The van der Waals surface area contributed by atoms with Gasteiger partial charge in [0.05, 0.1) is 0 Å². The molecule has 0 saturated carbocycles. The van der Waals surface area contributed by atoms with Gasteiger partial charge < -0.3 is 0 Å². The van der Waals surface area contributed by atoms with Crippen LogP contribution in [-0.2, 0) is 0 Å². The summed E-state index contributed by atoms with van der Waals surface area (Å²) in [6.45, 7) is 29.3. The third-order valence-electron chi connectivity index (χ3n) is 3.24. The van der Waals surface area contributed by atoms with Crippen molar-refractivity contribution in [3.63, 3.8) is 0 Å². The minimum Gasteiger partial charge on any atom is -0.209 e. The van der Waals surface area contributed by atoms with E-state index in [1.165, 1.54) is 0 Å². The average molecular weight is 429 g/mol. The van der Waals surface area contributed by atoms with Crippen molar-refractivity contribution in [1.82, 2.24) is 8.67 Å². The van der Waals surface area contributed by atoms with Gasteiger partial charge >= 0.3 is 15.6 Å². The van der Waals surface area contributed by atoms with Crippen LogP contribution in [0, 0.1) is 0 Å². The fourth-order valence-corrected chi connectivity index (χ4v) is 31.6. The molecule has 0 heterocycles. The van der Waals surface area contributed by atoms with Crippen molar-refractivity contribution >= 4 is 40.3 Å². The summed E-state index contributed by atoms with van der Waals surface area (Å²) in [6.07, 6.45) is 0. The number of hydrogen-bond donors (Lipinski definition) is 0. The second-order valence-electron chi connectivity index (χ2n) is 10.0. The van der Waals surface area contributed by atoms with Gasteiger partial charge in [-0.05, 0) is 47.3 Å². The molecule has 24 heavy (non-hydrogen) atoms. The number of rotatable bonds is 8. The molecule has 0 N–H and O–H groups in total. The van der Waals surface area contributed by atoms with Crippen molar-refractivity contribution < 1.29 is 4.20 Å². The van der Waals surface area contributed by atoms with E-state index >= 15 is 4.20 Å². The maximum Gasteiger partial charge on any atom is 0.423 e. The number of halogens is 1. The highest BCUT2D eigenvalue weighted by Gasteiger charge is 2.54. The van der Waals surface area contributed by atoms with E-state index in [1.807, 2.05) is 0 Å². The van der Waals surface area contributed by atoms with Crippen LogP contribution in [0.4, 0.5) is 4.20 Å². The lowest BCUT2D eigenvalue weighted by molar-refractivity contribution is 0.316. The molecule has 0 fully saturated rings. The summed E-state index contributed by atoms with van der Waals surface area (Å²) in [6, 6.07) is 0.432. The lowest BCUT2D eigenvalue weighted by Gasteiger charge is -2.38. The predicted octanol–water partition coefficient (Wildman–Crippen LogP) is 7.69. The van der Waals surface area contributed by atoms with Crippen LogP contribution in [0.2, 0.25) is 58.9 Å². The van der Waals surface area contributed by atoms with Gasteiger partial charge in [0.1, 0.15) is 0 Å². The highest BCUT2D eigenvalue weighted by atomic mass is 32.1. The Morgan fingerprint density at radius 2 is 1.12 bits per heavy atom. The Labute approximate surface area is 156 Å². The minimum absolute atomic E-state index is 0.216. The molecule has 0 radical (unpaired) electrons. The molecule has 0 saturated heterocycles. The first-order valence-electron chi connectivity index (χ1n) is 8.97.